The molecule has 0 amide bonds. The quantitative estimate of drug-likeness (QED) is 0.519. The summed E-state index contributed by atoms with van der Waals surface area (Å²) in [6.45, 7) is 2.71. The molecule has 1 unspecified atom stereocenters. The molecule has 2 atom stereocenters. The second kappa shape index (κ2) is 9.05. The van der Waals surface area contributed by atoms with Crippen LogP contribution in [0.5, 0.6) is 11.5 Å². The molecule has 0 saturated carbocycles. The molecule has 8 nitrogen and oxygen atoms in total. The maximum absolute atomic E-state index is 13.3. The van der Waals surface area contributed by atoms with E-state index in [1.807, 2.05) is 0 Å². The highest BCUT2D eigenvalue weighted by atomic mass is 19.4. The fourth-order valence-corrected chi connectivity index (χ4v) is 3.88. The van der Waals surface area contributed by atoms with E-state index in [1.54, 1.807) is 19.1 Å². The van der Waals surface area contributed by atoms with Gasteiger partial charge in [0.05, 0.1) is 37.3 Å². The zero-order valence-electron chi connectivity index (χ0n) is 18.9. The maximum atomic E-state index is 13.3. The number of benzene rings is 2. The third-order valence-electron chi connectivity index (χ3n) is 5.67. The number of nitrogens with one attached hydrogen (secondary N) is 1. The highest BCUT2D eigenvalue weighted by Gasteiger charge is 2.31. The number of aromatic nitrogens is 2. The minimum atomic E-state index is -4.53. The molecule has 2 aromatic carbocycles. The van der Waals surface area contributed by atoms with Gasteiger partial charge in [0.1, 0.15) is 6.10 Å². The van der Waals surface area contributed by atoms with E-state index >= 15 is 0 Å². The van der Waals surface area contributed by atoms with E-state index in [-0.39, 0.29) is 17.4 Å². The Hall–Kier alpha value is -3.47. The fraction of sp³-hybridized carbons (Fsp3) is 0.391. The molecule has 1 aliphatic rings. The van der Waals surface area contributed by atoms with Crippen LogP contribution in [-0.4, -0.2) is 36.2 Å². The van der Waals surface area contributed by atoms with Gasteiger partial charge < -0.3 is 25.3 Å². The zero-order valence-corrected chi connectivity index (χ0v) is 18.9. The van der Waals surface area contributed by atoms with Crippen molar-refractivity contribution >= 4 is 22.3 Å². The van der Waals surface area contributed by atoms with Gasteiger partial charge in [-0.25, -0.2) is 4.68 Å². The smallest absolute Gasteiger partial charge is 0.416 e. The van der Waals surface area contributed by atoms with Gasteiger partial charge in [0.2, 0.25) is 0 Å². The molecular formula is C23H25F3N4O4. The zero-order chi connectivity index (χ0) is 24.6. The molecule has 11 heteroatoms. The van der Waals surface area contributed by atoms with Crippen LogP contribution < -0.4 is 26.1 Å². The number of nitrogens with two attached hydrogens (primary N) is 1. The Balaban J connectivity index is 1.76. The summed E-state index contributed by atoms with van der Waals surface area (Å²) in [4.78, 5) is 12.8. The van der Waals surface area contributed by atoms with Crippen LogP contribution in [0.1, 0.15) is 30.5 Å². The van der Waals surface area contributed by atoms with Crippen molar-refractivity contribution in [2.75, 3.05) is 31.4 Å². The third kappa shape index (κ3) is 4.74. The lowest BCUT2D eigenvalue weighted by molar-refractivity contribution is -0.137. The van der Waals surface area contributed by atoms with E-state index in [0.29, 0.717) is 46.9 Å². The monoisotopic (exact) mass is 478 g/mol. The van der Waals surface area contributed by atoms with Gasteiger partial charge in [-0.15, -0.1) is 0 Å². The van der Waals surface area contributed by atoms with E-state index in [0.717, 1.165) is 23.2 Å². The number of rotatable bonds is 6. The van der Waals surface area contributed by atoms with Crippen molar-refractivity contribution in [3.05, 3.63) is 51.8 Å². The summed E-state index contributed by atoms with van der Waals surface area (Å²) in [5, 5.41) is 8.20. The molecule has 0 radical (unpaired) electrons. The first-order valence-electron chi connectivity index (χ1n) is 10.6. The first-order chi connectivity index (χ1) is 16.1. The predicted octanol–water partition coefficient (Wildman–Crippen LogP) is 3.88. The van der Waals surface area contributed by atoms with E-state index in [1.165, 1.54) is 20.2 Å². The van der Waals surface area contributed by atoms with Gasteiger partial charge in [0.25, 0.3) is 5.56 Å². The Morgan fingerprint density at radius 3 is 2.59 bits per heavy atom. The minimum Gasteiger partial charge on any atom is -0.493 e. The number of nitrogen functional groups attached to an aromatic ring is 1. The molecule has 0 spiro atoms. The number of anilines is 2. The molecule has 1 saturated heterocycles. The number of methoxy groups -OCH3 is 1. The van der Waals surface area contributed by atoms with Crippen LogP contribution in [0.3, 0.4) is 0 Å². The number of hydrogen-bond acceptors (Lipinski definition) is 7. The van der Waals surface area contributed by atoms with Gasteiger partial charge in [0.15, 0.2) is 17.3 Å². The van der Waals surface area contributed by atoms with Crippen molar-refractivity contribution in [1.82, 2.24) is 9.78 Å². The van der Waals surface area contributed by atoms with Crippen molar-refractivity contribution in [2.45, 2.75) is 31.7 Å². The Morgan fingerprint density at radius 2 is 1.94 bits per heavy atom. The molecule has 1 aliphatic heterocycles. The summed E-state index contributed by atoms with van der Waals surface area (Å²) in [6, 6.07) is 6.01. The van der Waals surface area contributed by atoms with Gasteiger partial charge in [0, 0.05) is 24.5 Å². The second-order valence-corrected chi connectivity index (χ2v) is 8.18. The third-order valence-corrected chi connectivity index (χ3v) is 5.67. The fourth-order valence-electron chi connectivity index (χ4n) is 3.88. The lowest BCUT2D eigenvalue weighted by Gasteiger charge is -2.20. The van der Waals surface area contributed by atoms with E-state index in [9.17, 15) is 18.0 Å². The highest BCUT2D eigenvalue weighted by molar-refractivity contribution is 5.93. The summed E-state index contributed by atoms with van der Waals surface area (Å²) in [5.41, 5.74) is 4.85. The number of nitrogens with zero attached hydrogens (tertiary/aromatic N) is 2. The number of halogens is 3. The number of hydrogen-bond donors (Lipinski definition) is 2. The first-order valence-corrected chi connectivity index (χ1v) is 10.6. The summed E-state index contributed by atoms with van der Waals surface area (Å²) in [6.07, 6.45) is -3.97. The molecule has 1 aromatic heterocycles. The summed E-state index contributed by atoms with van der Waals surface area (Å²) in [5.74, 6) is 1.10. The molecular weight excluding hydrogens is 453 g/mol. The van der Waals surface area contributed by atoms with Crippen molar-refractivity contribution in [2.24, 2.45) is 7.05 Å². The minimum absolute atomic E-state index is 0.00374. The van der Waals surface area contributed by atoms with Gasteiger partial charge in [-0.3, -0.25) is 4.79 Å². The Morgan fingerprint density at radius 1 is 1.21 bits per heavy atom. The Kier molecular flexibility index (Phi) is 6.30. The van der Waals surface area contributed by atoms with Gasteiger partial charge in [-0.2, -0.15) is 18.3 Å². The molecule has 182 valence electrons. The summed E-state index contributed by atoms with van der Waals surface area (Å²) in [7, 11) is 2.97. The van der Waals surface area contributed by atoms with Crippen LogP contribution in [0.4, 0.5) is 24.7 Å². The van der Waals surface area contributed by atoms with Crippen LogP contribution >= 0.6 is 0 Å². The van der Waals surface area contributed by atoms with Gasteiger partial charge in [-0.1, -0.05) is 0 Å². The maximum Gasteiger partial charge on any atom is 0.416 e. The standard InChI is InChI=1S/C23H25F3N4O4/c1-12(13-6-14(23(24,25)26)8-15(27)7-13)28-21-17-9-20(34-16-4-5-33-11-16)19(32-3)10-18(17)22(31)30(2)29-21/h6-10,12,16H,4-5,11,27H2,1-3H3,(H,28,29)/t12-,16?/m1/s1. The van der Waals surface area contributed by atoms with Crippen LogP contribution in [0.25, 0.3) is 10.8 Å². The summed E-state index contributed by atoms with van der Waals surface area (Å²) < 4.78 is 57.8. The van der Waals surface area contributed by atoms with Gasteiger partial charge in [-0.05, 0) is 42.8 Å². The van der Waals surface area contributed by atoms with E-state index in [4.69, 9.17) is 19.9 Å². The van der Waals surface area contributed by atoms with Crippen molar-refractivity contribution in [1.29, 1.82) is 0 Å². The largest absolute Gasteiger partial charge is 0.493 e. The van der Waals surface area contributed by atoms with Gasteiger partial charge >= 0.3 is 6.18 Å². The number of alkyl halides is 3. The molecule has 4 rings (SSSR count). The number of ether oxygens (including phenoxy) is 3. The lowest BCUT2D eigenvalue weighted by atomic mass is 10.0. The van der Waals surface area contributed by atoms with Crippen molar-refractivity contribution in [3.8, 4) is 11.5 Å². The molecule has 0 aliphatic carbocycles. The van der Waals surface area contributed by atoms with Crippen LogP contribution in [0, 0.1) is 0 Å². The number of fused-ring (bicyclic) bond motifs is 1. The van der Waals surface area contributed by atoms with Crippen LogP contribution in [-0.2, 0) is 18.0 Å². The molecule has 1 fully saturated rings. The predicted molar refractivity (Wildman–Crippen MR) is 121 cm³/mol. The highest BCUT2D eigenvalue weighted by Crippen LogP contribution is 2.37. The van der Waals surface area contributed by atoms with Crippen molar-refractivity contribution < 1.29 is 27.4 Å². The Bertz CT molecular complexity index is 1270. The van der Waals surface area contributed by atoms with Crippen molar-refractivity contribution in [3.63, 3.8) is 0 Å². The molecule has 0 bridgehead atoms. The number of aryl methyl sites for hydroxylation is 1. The SMILES string of the molecule is COc1cc2c(=O)n(C)nc(N[C@H](C)c3cc(N)cc(C(F)(F)F)c3)c2cc1OC1CCOC1. The average Bonchev–Trinajstić information content (AvgIpc) is 3.29. The van der Waals surface area contributed by atoms with E-state index in [2.05, 4.69) is 10.4 Å². The first kappa shape index (κ1) is 23.7. The van der Waals surface area contributed by atoms with Crippen LogP contribution in [0.15, 0.2) is 35.1 Å². The van der Waals surface area contributed by atoms with E-state index < -0.39 is 17.8 Å². The molecule has 2 heterocycles. The normalized spacial score (nSPS) is 17.1. The lowest BCUT2D eigenvalue weighted by Crippen LogP contribution is -2.23. The molecule has 3 aromatic rings. The average molecular weight is 478 g/mol. The van der Waals surface area contributed by atoms with Crippen LogP contribution in [0.2, 0.25) is 0 Å². The summed E-state index contributed by atoms with van der Waals surface area (Å²) >= 11 is 0. The molecule has 3 N–H and O–H groups in total. The molecule has 34 heavy (non-hydrogen) atoms. The topological polar surface area (TPSA) is 101 Å². The Labute approximate surface area is 193 Å². The second-order valence-electron chi connectivity index (χ2n) is 8.18.